The highest BCUT2D eigenvalue weighted by molar-refractivity contribution is 6.04. The lowest BCUT2D eigenvalue weighted by Gasteiger charge is -2.13. The van der Waals surface area contributed by atoms with Gasteiger partial charge in [0.25, 0.3) is 5.91 Å². The van der Waals surface area contributed by atoms with E-state index in [4.69, 9.17) is 5.26 Å². The molecule has 3 N–H and O–H groups in total. The second-order valence-corrected chi connectivity index (χ2v) is 8.40. The molecule has 0 saturated heterocycles. The van der Waals surface area contributed by atoms with Crippen LogP contribution in [-0.4, -0.2) is 15.9 Å². The summed E-state index contributed by atoms with van der Waals surface area (Å²) >= 11 is 0. The van der Waals surface area contributed by atoms with Crippen molar-refractivity contribution in [1.29, 1.82) is 5.26 Å². The third kappa shape index (κ3) is 6.47. The number of allylic oxidation sites excluding steroid dienone is 2. The lowest BCUT2D eigenvalue weighted by Crippen LogP contribution is -2.28. The molecule has 0 fully saturated rings. The summed E-state index contributed by atoms with van der Waals surface area (Å²) in [5.74, 6) is -0.205. The Morgan fingerprint density at radius 2 is 1.59 bits per heavy atom. The van der Waals surface area contributed by atoms with Crippen LogP contribution in [0.25, 0.3) is 12.7 Å². The number of carbonyl (C=O) groups excluding carboxylic acids is 1. The fourth-order valence-electron chi connectivity index (χ4n) is 3.50. The number of nitrogens with one attached hydrogen (secondary N) is 3. The van der Waals surface area contributed by atoms with Crippen molar-refractivity contribution in [2.24, 2.45) is 0 Å². The third-order valence-electron chi connectivity index (χ3n) is 5.64. The predicted molar refractivity (Wildman–Crippen MR) is 149 cm³/mol. The molecule has 7 nitrogen and oxygen atoms in total. The molecule has 182 valence electrons. The predicted octanol–water partition coefficient (Wildman–Crippen LogP) is 5.19. The zero-order valence-corrected chi connectivity index (χ0v) is 20.6. The lowest BCUT2D eigenvalue weighted by molar-refractivity contribution is 0.102. The highest BCUT2D eigenvalue weighted by atomic mass is 16.1. The Morgan fingerprint density at radius 3 is 2.32 bits per heavy atom. The number of pyridine rings is 2. The number of hydrogen-bond acceptors (Lipinski definition) is 6. The standard InChI is InChI=1S/C30H26N6O/c1-20(19-31)4-11-27-22(3)28(14-17-33-27)34-24-9-6-23(7-10-24)30(37)36-26-8-5-21(2)29(18-26)35-25-12-15-32-16-13-25/h4-18,34H,3H2,1-2H3,(H,32,35)(H,36,37)/b20-4+,27-11+. The minimum atomic E-state index is -0.205. The minimum Gasteiger partial charge on any atom is -0.355 e. The van der Waals surface area contributed by atoms with E-state index in [1.165, 1.54) is 0 Å². The number of benzene rings is 2. The highest BCUT2D eigenvalue weighted by Crippen LogP contribution is 2.24. The van der Waals surface area contributed by atoms with Crippen molar-refractivity contribution in [2.75, 3.05) is 16.0 Å². The van der Waals surface area contributed by atoms with Crippen molar-refractivity contribution >= 4 is 47.0 Å². The summed E-state index contributed by atoms with van der Waals surface area (Å²) in [5.41, 5.74) is 6.28. The summed E-state index contributed by atoms with van der Waals surface area (Å²) < 4.78 is 0. The number of nitrogens with zero attached hydrogens (tertiary/aromatic N) is 3. The number of rotatable bonds is 7. The van der Waals surface area contributed by atoms with Gasteiger partial charge >= 0.3 is 0 Å². The smallest absolute Gasteiger partial charge is 0.255 e. The Balaban J connectivity index is 1.46. The molecule has 0 atom stereocenters. The quantitative estimate of drug-likeness (QED) is 0.311. The monoisotopic (exact) mass is 486 g/mol. The molecule has 1 amide bonds. The molecule has 0 radical (unpaired) electrons. The molecule has 2 aromatic carbocycles. The number of amides is 1. The fourth-order valence-corrected chi connectivity index (χ4v) is 3.50. The van der Waals surface area contributed by atoms with Crippen LogP contribution in [0.1, 0.15) is 22.8 Å². The van der Waals surface area contributed by atoms with Crippen molar-refractivity contribution in [3.05, 3.63) is 113 Å². The molecule has 0 spiro atoms. The molecule has 0 unspecified atom stereocenters. The van der Waals surface area contributed by atoms with Crippen LogP contribution in [0.2, 0.25) is 0 Å². The Kier molecular flexibility index (Phi) is 7.72. The molecule has 0 bridgehead atoms. The first-order valence-corrected chi connectivity index (χ1v) is 11.6. The Morgan fingerprint density at radius 1 is 0.919 bits per heavy atom. The van der Waals surface area contributed by atoms with Crippen molar-refractivity contribution < 1.29 is 4.79 Å². The number of carbonyl (C=O) groups is 1. The highest BCUT2D eigenvalue weighted by Gasteiger charge is 2.08. The average Bonchev–Trinajstić information content (AvgIpc) is 2.92. The fraction of sp³-hybridized carbons (Fsp3) is 0.0667. The number of nitriles is 1. The maximum absolute atomic E-state index is 12.9. The summed E-state index contributed by atoms with van der Waals surface area (Å²) in [5, 5.41) is 19.9. The van der Waals surface area contributed by atoms with Crippen LogP contribution in [0.15, 0.2) is 90.9 Å². The minimum absolute atomic E-state index is 0.205. The first kappa shape index (κ1) is 24.9. The van der Waals surface area contributed by atoms with E-state index < -0.39 is 0 Å². The number of aryl methyl sites for hydroxylation is 1. The van der Waals surface area contributed by atoms with Crippen LogP contribution >= 0.6 is 0 Å². The normalized spacial score (nSPS) is 11.5. The van der Waals surface area contributed by atoms with E-state index >= 15 is 0 Å². The molecule has 0 aliphatic heterocycles. The summed E-state index contributed by atoms with van der Waals surface area (Å²) in [6, 6.07) is 20.6. The van der Waals surface area contributed by atoms with Gasteiger partial charge in [-0.15, -0.1) is 0 Å². The van der Waals surface area contributed by atoms with E-state index in [2.05, 4.69) is 38.6 Å². The van der Waals surface area contributed by atoms with E-state index in [9.17, 15) is 4.79 Å². The SMILES string of the molecule is C=c1c(Nc2ccc(C(=O)Nc3ccc(C)c(Nc4ccncc4)c3)cc2)ccn/c1=C/C=C(\C)C#N. The van der Waals surface area contributed by atoms with Gasteiger partial charge in [0, 0.05) is 63.4 Å². The van der Waals surface area contributed by atoms with E-state index in [0.29, 0.717) is 27.4 Å². The second kappa shape index (κ2) is 11.5. The van der Waals surface area contributed by atoms with Crippen LogP contribution in [0, 0.1) is 18.3 Å². The number of aromatic nitrogens is 2. The molecule has 0 aliphatic rings. The largest absolute Gasteiger partial charge is 0.355 e. The van der Waals surface area contributed by atoms with Crippen LogP contribution in [0.3, 0.4) is 0 Å². The number of hydrogen-bond donors (Lipinski definition) is 3. The van der Waals surface area contributed by atoms with E-state index in [0.717, 1.165) is 28.3 Å². The molecule has 37 heavy (non-hydrogen) atoms. The van der Waals surface area contributed by atoms with E-state index in [-0.39, 0.29) is 5.91 Å². The molecule has 2 heterocycles. The Hall–Kier alpha value is -5.22. The Labute approximate surface area is 215 Å². The van der Waals surface area contributed by atoms with Gasteiger partial charge in [0.1, 0.15) is 0 Å². The van der Waals surface area contributed by atoms with Gasteiger partial charge < -0.3 is 16.0 Å². The maximum atomic E-state index is 12.9. The van der Waals surface area contributed by atoms with E-state index in [1.807, 2.05) is 55.5 Å². The first-order valence-electron chi connectivity index (χ1n) is 11.6. The van der Waals surface area contributed by atoms with Gasteiger partial charge in [-0.05, 0) is 86.2 Å². The molecule has 7 heteroatoms. The summed E-state index contributed by atoms with van der Waals surface area (Å²) in [6.45, 7) is 7.85. The van der Waals surface area contributed by atoms with Crippen LogP contribution < -0.4 is 26.5 Å². The molecule has 2 aromatic heterocycles. The van der Waals surface area contributed by atoms with Gasteiger partial charge in [0.2, 0.25) is 0 Å². The molecule has 0 saturated carbocycles. The van der Waals surface area contributed by atoms with Crippen molar-refractivity contribution in [3.63, 3.8) is 0 Å². The maximum Gasteiger partial charge on any atom is 0.255 e. The van der Waals surface area contributed by atoms with Gasteiger partial charge in [-0.1, -0.05) is 12.6 Å². The molecule has 0 aliphatic carbocycles. The van der Waals surface area contributed by atoms with Gasteiger partial charge in [-0.3, -0.25) is 14.8 Å². The topological polar surface area (TPSA) is 103 Å². The van der Waals surface area contributed by atoms with Gasteiger partial charge in [-0.2, -0.15) is 5.26 Å². The zero-order chi connectivity index (χ0) is 26.2. The molecule has 4 rings (SSSR count). The first-order chi connectivity index (χ1) is 17.9. The molecular formula is C30H26N6O. The Bertz CT molecular complexity index is 1600. The second-order valence-electron chi connectivity index (χ2n) is 8.40. The average molecular weight is 487 g/mol. The van der Waals surface area contributed by atoms with Gasteiger partial charge in [0.15, 0.2) is 0 Å². The molecule has 4 aromatic rings. The summed E-state index contributed by atoms with van der Waals surface area (Å²) in [6.07, 6.45) is 8.60. The third-order valence-corrected chi connectivity index (χ3v) is 5.64. The van der Waals surface area contributed by atoms with Crippen LogP contribution in [0.4, 0.5) is 28.4 Å². The van der Waals surface area contributed by atoms with Crippen molar-refractivity contribution in [1.82, 2.24) is 9.97 Å². The van der Waals surface area contributed by atoms with Crippen molar-refractivity contribution in [2.45, 2.75) is 13.8 Å². The number of anilines is 5. The van der Waals surface area contributed by atoms with E-state index in [1.54, 1.807) is 49.8 Å². The summed E-state index contributed by atoms with van der Waals surface area (Å²) in [7, 11) is 0. The van der Waals surface area contributed by atoms with Crippen LogP contribution in [0.5, 0.6) is 0 Å². The lowest BCUT2D eigenvalue weighted by atomic mass is 10.1. The van der Waals surface area contributed by atoms with Gasteiger partial charge in [0.05, 0.1) is 11.4 Å². The van der Waals surface area contributed by atoms with Gasteiger partial charge in [-0.25, -0.2) is 0 Å². The van der Waals surface area contributed by atoms with Crippen molar-refractivity contribution in [3.8, 4) is 6.07 Å². The van der Waals surface area contributed by atoms with Crippen LogP contribution in [-0.2, 0) is 0 Å². The molecular weight excluding hydrogens is 460 g/mol. The zero-order valence-electron chi connectivity index (χ0n) is 20.6. The summed E-state index contributed by atoms with van der Waals surface area (Å²) in [4.78, 5) is 21.2.